The maximum atomic E-state index is 10.9. The quantitative estimate of drug-likeness (QED) is 0.766. The van der Waals surface area contributed by atoms with Crippen LogP contribution in [0.3, 0.4) is 0 Å². The summed E-state index contributed by atoms with van der Waals surface area (Å²) < 4.78 is 21.7. The average molecular weight is 221 g/mol. The SMILES string of the molecule is CC(C)(C)CC(N)CCCS(C)(=O)=O. The third-order valence-corrected chi connectivity index (χ3v) is 2.99. The van der Waals surface area contributed by atoms with Crippen molar-refractivity contribution in [3.8, 4) is 0 Å². The van der Waals surface area contributed by atoms with Gasteiger partial charge in [-0.05, 0) is 24.7 Å². The van der Waals surface area contributed by atoms with Gasteiger partial charge in [-0.15, -0.1) is 0 Å². The van der Waals surface area contributed by atoms with Crippen molar-refractivity contribution in [3.63, 3.8) is 0 Å². The van der Waals surface area contributed by atoms with Gasteiger partial charge in [0.2, 0.25) is 0 Å². The standard InChI is InChI=1S/C10H23NO2S/c1-10(2,3)8-9(11)6-5-7-14(4,12)13/h9H,5-8,11H2,1-4H3. The van der Waals surface area contributed by atoms with Gasteiger partial charge < -0.3 is 5.73 Å². The van der Waals surface area contributed by atoms with Crippen LogP contribution in [0.2, 0.25) is 0 Å². The second kappa shape index (κ2) is 5.12. The van der Waals surface area contributed by atoms with Crippen LogP contribution < -0.4 is 5.73 Å². The van der Waals surface area contributed by atoms with Gasteiger partial charge in [-0.3, -0.25) is 0 Å². The molecule has 0 aliphatic heterocycles. The van der Waals surface area contributed by atoms with E-state index in [0.29, 0.717) is 6.42 Å². The lowest BCUT2D eigenvalue weighted by molar-refractivity contribution is 0.330. The van der Waals surface area contributed by atoms with Crippen LogP contribution in [0.1, 0.15) is 40.0 Å². The van der Waals surface area contributed by atoms with E-state index in [1.165, 1.54) is 6.26 Å². The Morgan fingerprint density at radius 1 is 1.29 bits per heavy atom. The summed E-state index contributed by atoms with van der Waals surface area (Å²) in [5.74, 6) is 0.255. The molecule has 0 aliphatic carbocycles. The van der Waals surface area contributed by atoms with Crippen LogP contribution in [0.5, 0.6) is 0 Å². The molecule has 1 atom stereocenters. The van der Waals surface area contributed by atoms with Gasteiger partial charge in [-0.25, -0.2) is 8.42 Å². The van der Waals surface area contributed by atoms with Gasteiger partial charge in [-0.2, -0.15) is 0 Å². The minimum Gasteiger partial charge on any atom is -0.328 e. The molecule has 0 amide bonds. The molecule has 0 rings (SSSR count). The van der Waals surface area contributed by atoms with Gasteiger partial charge in [0.05, 0.1) is 0 Å². The summed E-state index contributed by atoms with van der Waals surface area (Å²) in [6.45, 7) is 6.43. The Labute approximate surface area is 88.0 Å². The zero-order chi connectivity index (χ0) is 11.4. The smallest absolute Gasteiger partial charge is 0.147 e. The molecule has 0 saturated carbocycles. The van der Waals surface area contributed by atoms with Crippen molar-refractivity contribution in [1.82, 2.24) is 0 Å². The predicted molar refractivity (Wildman–Crippen MR) is 61.0 cm³/mol. The van der Waals surface area contributed by atoms with Gasteiger partial charge in [0.1, 0.15) is 9.84 Å². The molecular weight excluding hydrogens is 198 g/mol. The van der Waals surface area contributed by atoms with E-state index in [1.807, 2.05) is 0 Å². The first-order valence-corrected chi connectivity index (χ1v) is 7.09. The minimum atomic E-state index is -2.82. The van der Waals surface area contributed by atoms with Crippen LogP contribution >= 0.6 is 0 Å². The molecule has 14 heavy (non-hydrogen) atoms. The maximum Gasteiger partial charge on any atom is 0.147 e. The maximum absolute atomic E-state index is 10.9. The number of rotatable bonds is 5. The summed E-state index contributed by atoms with van der Waals surface area (Å²) >= 11 is 0. The van der Waals surface area contributed by atoms with Crippen LogP contribution in [0.15, 0.2) is 0 Å². The van der Waals surface area contributed by atoms with E-state index in [1.54, 1.807) is 0 Å². The molecule has 0 aliphatic rings. The lowest BCUT2D eigenvalue weighted by Crippen LogP contribution is -2.26. The summed E-state index contributed by atoms with van der Waals surface area (Å²) in [7, 11) is -2.82. The van der Waals surface area contributed by atoms with Gasteiger partial charge in [0.15, 0.2) is 0 Å². The molecule has 4 heteroatoms. The Morgan fingerprint density at radius 2 is 1.79 bits per heavy atom. The molecule has 1 unspecified atom stereocenters. The van der Waals surface area contributed by atoms with Crippen molar-refractivity contribution in [2.24, 2.45) is 11.1 Å². The largest absolute Gasteiger partial charge is 0.328 e. The number of sulfone groups is 1. The Bertz CT molecular complexity index is 252. The number of hydrogen-bond acceptors (Lipinski definition) is 3. The van der Waals surface area contributed by atoms with Gasteiger partial charge in [-0.1, -0.05) is 20.8 Å². The van der Waals surface area contributed by atoms with Crippen molar-refractivity contribution in [2.45, 2.75) is 46.1 Å². The van der Waals surface area contributed by atoms with E-state index < -0.39 is 9.84 Å². The first kappa shape index (κ1) is 13.9. The molecule has 0 aromatic carbocycles. The van der Waals surface area contributed by atoms with Gasteiger partial charge in [0, 0.05) is 18.1 Å². The molecule has 0 aromatic heterocycles. The van der Waals surface area contributed by atoms with Crippen LogP contribution in [0.4, 0.5) is 0 Å². The average Bonchev–Trinajstić information content (AvgIpc) is 1.78. The predicted octanol–water partition coefficient (Wildman–Crippen LogP) is 1.57. The number of hydrogen-bond donors (Lipinski definition) is 1. The van der Waals surface area contributed by atoms with Crippen molar-refractivity contribution in [2.75, 3.05) is 12.0 Å². The Morgan fingerprint density at radius 3 is 2.14 bits per heavy atom. The summed E-state index contributed by atoms with van der Waals surface area (Å²) in [5, 5.41) is 0. The highest BCUT2D eigenvalue weighted by atomic mass is 32.2. The molecule has 2 N–H and O–H groups in total. The summed E-state index contributed by atoms with van der Waals surface area (Å²) in [5.41, 5.74) is 6.12. The van der Waals surface area contributed by atoms with Crippen molar-refractivity contribution >= 4 is 9.84 Å². The summed E-state index contributed by atoms with van der Waals surface area (Å²) in [6, 6.07) is 0.122. The molecule has 0 spiro atoms. The molecule has 0 fully saturated rings. The minimum absolute atomic E-state index is 0.122. The molecule has 0 bridgehead atoms. The van der Waals surface area contributed by atoms with Crippen LogP contribution in [-0.2, 0) is 9.84 Å². The molecule has 86 valence electrons. The topological polar surface area (TPSA) is 60.2 Å². The molecule has 3 nitrogen and oxygen atoms in total. The fourth-order valence-corrected chi connectivity index (χ4v) is 2.19. The zero-order valence-corrected chi connectivity index (χ0v) is 10.5. The zero-order valence-electron chi connectivity index (χ0n) is 9.71. The lowest BCUT2D eigenvalue weighted by atomic mass is 9.87. The van der Waals surface area contributed by atoms with E-state index in [4.69, 9.17) is 5.73 Å². The second-order valence-corrected chi connectivity index (χ2v) is 7.56. The fraction of sp³-hybridized carbons (Fsp3) is 1.00. The Kier molecular flexibility index (Phi) is 5.09. The van der Waals surface area contributed by atoms with Gasteiger partial charge in [0.25, 0.3) is 0 Å². The molecular formula is C10H23NO2S. The van der Waals surface area contributed by atoms with Crippen molar-refractivity contribution < 1.29 is 8.42 Å². The van der Waals surface area contributed by atoms with Crippen LogP contribution in [-0.4, -0.2) is 26.5 Å². The van der Waals surface area contributed by atoms with E-state index in [-0.39, 0.29) is 17.2 Å². The third-order valence-electron chi connectivity index (χ3n) is 1.96. The van der Waals surface area contributed by atoms with Crippen molar-refractivity contribution in [1.29, 1.82) is 0 Å². The van der Waals surface area contributed by atoms with Crippen molar-refractivity contribution in [3.05, 3.63) is 0 Å². The van der Waals surface area contributed by atoms with E-state index in [2.05, 4.69) is 20.8 Å². The molecule has 0 radical (unpaired) electrons. The van der Waals surface area contributed by atoms with Crippen LogP contribution in [0.25, 0.3) is 0 Å². The Balaban J connectivity index is 3.71. The van der Waals surface area contributed by atoms with E-state index >= 15 is 0 Å². The summed E-state index contributed by atoms with van der Waals surface area (Å²) in [6.07, 6.45) is 3.68. The monoisotopic (exact) mass is 221 g/mol. The molecule has 0 heterocycles. The first-order chi connectivity index (χ1) is 6.10. The highest BCUT2D eigenvalue weighted by Gasteiger charge is 2.15. The highest BCUT2D eigenvalue weighted by Crippen LogP contribution is 2.21. The second-order valence-electron chi connectivity index (χ2n) is 5.30. The van der Waals surface area contributed by atoms with E-state index in [0.717, 1.165) is 12.8 Å². The number of nitrogens with two attached hydrogens (primary N) is 1. The van der Waals surface area contributed by atoms with Crippen LogP contribution in [0, 0.1) is 5.41 Å². The first-order valence-electron chi connectivity index (χ1n) is 5.03. The highest BCUT2D eigenvalue weighted by molar-refractivity contribution is 7.90. The Hall–Kier alpha value is -0.0900. The lowest BCUT2D eigenvalue weighted by Gasteiger charge is -2.22. The summed E-state index contributed by atoms with van der Waals surface area (Å²) in [4.78, 5) is 0. The molecule has 0 saturated heterocycles. The molecule has 0 aromatic rings. The fourth-order valence-electron chi connectivity index (χ4n) is 1.50. The normalized spacial score (nSPS) is 15.5. The van der Waals surface area contributed by atoms with E-state index in [9.17, 15) is 8.42 Å². The van der Waals surface area contributed by atoms with Gasteiger partial charge >= 0.3 is 0 Å². The third kappa shape index (κ3) is 9.99.